The van der Waals surface area contributed by atoms with E-state index in [0.717, 1.165) is 12.8 Å². The van der Waals surface area contributed by atoms with E-state index in [4.69, 9.17) is 22.4 Å². The molecule has 0 bridgehead atoms. The highest BCUT2D eigenvalue weighted by Crippen LogP contribution is 2.19. The molecule has 3 N–H and O–H groups in total. The van der Waals surface area contributed by atoms with E-state index in [1.54, 1.807) is 18.2 Å². The van der Waals surface area contributed by atoms with Gasteiger partial charge in [-0.25, -0.2) is 0 Å². The van der Waals surface area contributed by atoms with Crippen LogP contribution in [-0.4, -0.2) is 10.9 Å². The Morgan fingerprint density at radius 2 is 1.34 bits per heavy atom. The molecular formula is C32H42N2O3S. The summed E-state index contributed by atoms with van der Waals surface area (Å²) in [7, 11) is 0. The standard InChI is InChI=1S/C32H42N2O3S/c33-32(38)30-24-28(35)27-23-26(21-22-29(27)37-30)34-31(36)20-16-11-9-7-5-3-1-2-4-6-8-10-13-17-25-18-14-12-15-19-25/h12,14-15,18-19,21-24H,1-11,13,16-17,20H2,(H2,33,38)(H,34,36). The van der Waals surface area contributed by atoms with Crippen LogP contribution < -0.4 is 16.5 Å². The van der Waals surface area contributed by atoms with Crippen molar-refractivity contribution in [2.24, 2.45) is 5.73 Å². The fourth-order valence-corrected chi connectivity index (χ4v) is 4.88. The van der Waals surface area contributed by atoms with Crippen molar-refractivity contribution in [1.29, 1.82) is 0 Å². The molecule has 1 aromatic heterocycles. The van der Waals surface area contributed by atoms with Crippen molar-refractivity contribution in [3.8, 4) is 0 Å². The van der Waals surface area contributed by atoms with Gasteiger partial charge in [0.05, 0.1) is 5.39 Å². The van der Waals surface area contributed by atoms with Crippen LogP contribution in [0, 0.1) is 0 Å². The number of nitrogens with two attached hydrogens (primary N) is 1. The van der Waals surface area contributed by atoms with Gasteiger partial charge in [0.15, 0.2) is 11.2 Å². The lowest BCUT2D eigenvalue weighted by atomic mass is 10.0. The van der Waals surface area contributed by atoms with Gasteiger partial charge in [0, 0.05) is 18.2 Å². The third-order valence-electron chi connectivity index (χ3n) is 6.97. The molecule has 0 aliphatic rings. The summed E-state index contributed by atoms with van der Waals surface area (Å²) in [4.78, 5) is 24.7. The van der Waals surface area contributed by atoms with Gasteiger partial charge in [0.1, 0.15) is 10.6 Å². The maximum Gasteiger partial charge on any atom is 0.224 e. The summed E-state index contributed by atoms with van der Waals surface area (Å²) in [5, 5.41) is 3.27. The summed E-state index contributed by atoms with van der Waals surface area (Å²) >= 11 is 4.88. The first-order chi connectivity index (χ1) is 18.5. The van der Waals surface area contributed by atoms with Crippen LogP contribution in [0.3, 0.4) is 0 Å². The predicted octanol–water partition coefficient (Wildman–Crippen LogP) is 8.07. The number of anilines is 1. The number of carbonyl (C=O) groups excluding carboxylic acids is 1. The summed E-state index contributed by atoms with van der Waals surface area (Å²) in [6.07, 6.45) is 18.1. The van der Waals surface area contributed by atoms with Crippen molar-refractivity contribution in [3.63, 3.8) is 0 Å². The second-order valence-electron chi connectivity index (χ2n) is 10.2. The van der Waals surface area contributed by atoms with Crippen molar-refractivity contribution < 1.29 is 9.21 Å². The van der Waals surface area contributed by atoms with Crippen LogP contribution in [0.2, 0.25) is 0 Å². The summed E-state index contributed by atoms with van der Waals surface area (Å²) < 4.78 is 5.55. The normalized spacial score (nSPS) is 11.1. The molecule has 0 spiro atoms. The lowest BCUT2D eigenvalue weighted by Gasteiger charge is -2.07. The van der Waals surface area contributed by atoms with E-state index in [9.17, 15) is 9.59 Å². The summed E-state index contributed by atoms with van der Waals surface area (Å²) in [5.41, 5.74) is 7.76. The highest BCUT2D eigenvalue weighted by atomic mass is 32.1. The SMILES string of the molecule is NC(=S)c1cc(=O)c2cc(NC(=O)CCCCCCCCCCCCCCCc3ccccc3)ccc2o1. The van der Waals surface area contributed by atoms with E-state index in [0.29, 0.717) is 23.1 Å². The van der Waals surface area contributed by atoms with Crippen LogP contribution >= 0.6 is 12.2 Å². The van der Waals surface area contributed by atoms with Crippen LogP contribution in [0.25, 0.3) is 11.0 Å². The van der Waals surface area contributed by atoms with Crippen molar-refractivity contribution in [3.05, 3.63) is 76.1 Å². The topological polar surface area (TPSA) is 85.3 Å². The van der Waals surface area contributed by atoms with E-state index in [2.05, 4.69) is 35.6 Å². The van der Waals surface area contributed by atoms with Crippen LogP contribution in [0.4, 0.5) is 5.69 Å². The molecule has 3 rings (SSSR count). The Morgan fingerprint density at radius 3 is 1.95 bits per heavy atom. The molecule has 5 nitrogen and oxygen atoms in total. The Kier molecular flexibility index (Phi) is 13.0. The summed E-state index contributed by atoms with van der Waals surface area (Å²) in [5.74, 6) is 0.156. The molecule has 0 aliphatic heterocycles. The lowest BCUT2D eigenvalue weighted by molar-refractivity contribution is -0.116. The van der Waals surface area contributed by atoms with Gasteiger partial charge >= 0.3 is 0 Å². The third-order valence-corrected chi connectivity index (χ3v) is 7.17. The molecule has 2 aromatic carbocycles. The molecular weight excluding hydrogens is 492 g/mol. The van der Waals surface area contributed by atoms with Gasteiger partial charge in [-0.15, -0.1) is 0 Å². The number of unbranched alkanes of at least 4 members (excludes halogenated alkanes) is 12. The van der Waals surface area contributed by atoms with Crippen molar-refractivity contribution >= 4 is 39.8 Å². The molecule has 0 aliphatic carbocycles. The van der Waals surface area contributed by atoms with Crippen molar-refractivity contribution in [2.45, 2.75) is 96.3 Å². The molecule has 3 aromatic rings. The number of amides is 1. The van der Waals surface area contributed by atoms with E-state index in [1.807, 2.05) is 0 Å². The number of fused-ring (bicyclic) bond motifs is 1. The molecule has 0 saturated heterocycles. The predicted molar refractivity (Wildman–Crippen MR) is 162 cm³/mol. The number of nitrogens with one attached hydrogen (secondary N) is 1. The van der Waals surface area contributed by atoms with Gasteiger partial charge < -0.3 is 15.5 Å². The minimum atomic E-state index is -0.236. The summed E-state index contributed by atoms with van der Waals surface area (Å²) in [6.45, 7) is 0. The van der Waals surface area contributed by atoms with Crippen LogP contribution in [0.5, 0.6) is 0 Å². The van der Waals surface area contributed by atoms with E-state index in [-0.39, 0.29) is 22.1 Å². The molecule has 1 amide bonds. The first-order valence-electron chi connectivity index (χ1n) is 14.2. The maximum atomic E-state index is 12.3. The van der Waals surface area contributed by atoms with Gasteiger partial charge in [-0.05, 0) is 43.0 Å². The second-order valence-corrected chi connectivity index (χ2v) is 10.6. The van der Waals surface area contributed by atoms with Crippen LogP contribution in [-0.2, 0) is 11.2 Å². The smallest absolute Gasteiger partial charge is 0.224 e. The number of carbonyl (C=O) groups is 1. The van der Waals surface area contributed by atoms with Crippen LogP contribution in [0.1, 0.15) is 101 Å². The van der Waals surface area contributed by atoms with Crippen molar-refractivity contribution in [1.82, 2.24) is 0 Å². The Bertz CT molecular complexity index is 1210. The molecule has 0 atom stereocenters. The average Bonchev–Trinajstić information content (AvgIpc) is 2.91. The zero-order chi connectivity index (χ0) is 27.0. The average molecular weight is 535 g/mol. The van der Waals surface area contributed by atoms with Gasteiger partial charge in [0.2, 0.25) is 5.91 Å². The number of rotatable bonds is 18. The first-order valence-corrected chi connectivity index (χ1v) is 14.7. The maximum absolute atomic E-state index is 12.3. The highest BCUT2D eigenvalue weighted by molar-refractivity contribution is 7.80. The minimum absolute atomic E-state index is 0.0337. The second kappa shape index (κ2) is 16.8. The van der Waals surface area contributed by atoms with E-state index >= 15 is 0 Å². The first kappa shape index (κ1) is 29.6. The monoisotopic (exact) mass is 534 g/mol. The Hall–Kier alpha value is -2.99. The molecule has 1 heterocycles. The quantitative estimate of drug-likeness (QED) is 0.127. The largest absolute Gasteiger partial charge is 0.453 e. The molecule has 204 valence electrons. The Balaban J connectivity index is 1.15. The van der Waals surface area contributed by atoms with Gasteiger partial charge in [0.25, 0.3) is 0 Å². The van der Waals surface area contributed by atoms with Gasteiger partial charge in [-0.1, -0.05) is 113 Å². The molecule has 0 saturated carbocycles. The lowest BCUT2D eigenvalue weighted by Crippen LogP contribution is -2.14. The van der Waals surface area contributed by atoms with Crippen molar-refractivity contribution in [2.75, 3.05) is 5.32 Å². The highest BCUT2D eigenvalue weighted by Gasteiger charge is 2.09. The van der Waals surface area contributed by atoms with Crippen LogP contribution in [0.15, 0.2) is 63.8 Å². The zero-order valence-electron chi connectivity index (χ0n) is 22.5. The number of aryl methyl sites for hydroxylation is 1. The number of benzene rings is 2. The minimum Gasteiger partial charge on any atom is -0.453 e. The fourth-order valence-electron chi connectivity index (χ4n) is 4.78. The summed E-state index contributed by atoms with van der Waals surface area (Å²) in [6, 6.07) is 17.1. The van der Waals surface area contributed by atoms with Gasteiger partial charge in [-0.3, -0.25) is 9.59 Å². The van der Waals surface area contributed by atoms with Gasteiger partial charge in [-0.2, -0.15) is 0 Å². The molecule has 0 fully saturated rings. The van der Waals surface area contributed by atoms with E-state index < -0.39 is 0 Å². The zero-order valence-corrected chi connectivity index (χ0v) is 23.3. The molecule has 0 radical (unpaired) electrons. The molecule has 38 heavy (non-hydrogen) atoms. The molecule has 6 heteroatoms. The number of hydrogen-bond donors (Lipinski definition) is 2. The fraction of sp³-hybridized carbons (Fsp3) is 0.469. The number of hydrogen-bond acceptors (Lipinski definition) is 4. The Labute approximate surface area is 232 Å². The molecule has 0 unspecified atom stereocenters. The Morgan fingerprint density at radius 1 is 0.763 bits per heavy atom. The third kappa shape index (κ3) is 10.8. The number of thiocarbonyl (C=S) groups is 1. The van der Waals surface area contributed by atoms with E-state index in [1.165, 1.54) is 88.7 Å².